The first-order chi connectivity index (χ1) is 12.3. The standard InChI is InChI=1S/C19H24N2O3S2/c1-4-18(14-9-11-17(12-10-14)26(3,22)23)21-19(25)20-15-7-6-8-16(13-15)24-5-2/h6-13,18H,4-5H2,1-3H3,(H2,20,21,25)/t18-/m1/s1. The summed E-state index contributed by atoms with van der Waals surface area (Å²) < 4.78 is 28.6. The summed E-state index contributed by atoms with van der Waals surface area (Å²) in [7, 11) is -3.20. The van der Waals surface area contributed by atoms with Crippen molar-refractivity contribution in [2.75, 3.05) is 18.2 Å². The third-order valence-electron chi connectivity index (χ3n) is 3.83. The van der Waals surface area contributed by atoms with Crippen LogP contribution in [0.25, 0.3) is 0 Å². The van der Waals surface area contributed by atoms with Gasteiger partial charge in [0.15, 0.2) is 14.9 Å². The minimum atomic E-state index is -3.20. The van der Waals surface area contributed by atoms with Crippen molar-refractivity contribution >= 4 is 32.9 Å². The Balaban J connectivity index is 2.05. The highest BCUT2D eigenvalue weighted by Crippen LogP contribution is 2.21. The molecule has 2 aromatic rings. The van der Waals surface area contributed by atoms with Gasteiger partial charge in [0.05, 0.1) is 17.5 Å². The largest absolute Gasteiger partial charge is 0.494 e. The number of benzene rings is 2. The zero-order chi connectivity index (χ0) is 19.2. The van der Waals surface area contributed by atoms with Crippen LogP contribution in [-0.2, 0) is 9.84 Å². The van der Waals surface area contributed by atoms with Gasteiger partial charge in [-0.3, -0.25) is 0 Å². The lowest BCUT2D eigenvalue weighted by molar-refractivity contribution is 0.340. The lowest BCUT2D eigenvalue weighted by atomic mass is 10.1. The summed E-state index contributed by atoms with van der Waals surface area (Å²) in [4.78, 5) is 0.310. The summed E-state index contributed by atoms with van der Waals surface area (Å²) in [5.74, 6) is 0.781. The van der Waals surface area contributed by atoms with E-state index in [2.05, 4.69) is 10.6 Å². The molecule has 0 spiro atoms. The van der Waals surface area contributed by atoms with E-state index in [0.29, 0.717) is 16.6 Å². The molecule has 0 aliphatic rings. The Bertz CT molecular complexity index is 849. The van der Waals surface area contributed by atoms with Gasteiger partial charge < -0.3 is 15.4 Å². The second-order valence-electron chi connectivity index (χ2n) is 5.86. The minimum Gasteiger partial charge on any atom is -0.494 e. The van der Waals surface area contributed by atoms with Crippen molar-refractivity contribution in [3.8, 4) is 5.75 Å². The Labute approximate surface area is 160 Å². The summed E-state index contributed by atoms with van der Waals surface area (Å²) in [5, 5.41) is 6.92. The van der Waals surface area contributed by atoms with Crippen LogP contribution in [-0.4, -0.2) is 26.4 Å². The van der Waals surface area contributed by atoms with Crippen molar-refractivity contribution in [1.82, 2.24) is 5.32 Å². The molecular formula is C19H24N2O3S2. The number of hydrogen-bond donors (Lipinski definition) is 2. The highest BCUT2D eigenvalue weighted by atomic mass is 32.2. The van der Waals surface area contributed by atoms with Crippen LogP contribution >= 0.6 is 12.2 Å². The van der Waals surface area contributed by atoms with Gasteiger partial charge in [-0.25, -0.2) is 8.42 Å². The molecule has 0 bridgehead atoms. The van der Waals surface area contributed by atoms with Crippen molar-refractivity contribution in [2.45, 2.75) is 31.2 Å². The first-order valence-electron chi connectivity index (χ1n) is 8.44. The predicted molar refractivity (Wildman–Crippen MR) is 110 cm³/mol. The molecule has 0 radical (unpaired) electrons. The van der Waals surface area contributed by atoms with Crippen LogP contribution in [0.1, 0.15) is 31.9 Å². The van der Waals surface area contributed by atoms with Crippen LogP contribution in [0.5, 0.6) is 5.75 Å². The number of nitrogens with one attached hydrogen (secondary N) is 2. The average Bonchev–Trinajstić information content (AvgIpc) is 2.59. The summed E-state index contributed by atoms with van der Waals surface area (Å²) in [5.41, 5.74) is 1.82. The molecule has 7 heteroatoms. The predicted octanol–water partition coefficient (Wildman–Crippen LogP) is 3.93. The van der Waals surface area contributed by atoms with Gasteiger partial charge in [-0.2, -0.15) is 0 Å². The monoisotopic (exact) mass is 392 g/mol. The number of anilines is 1. The Morgan fingerprint density at radius 2 is 1.85 bits per heavy atom. The van der Waals surface area contributed by atoms with E-state index < -0.39 is 9.84 Å². The lowest BCUT2D eigenvalue weighted by Gasteiger charge is -2.20. The highest BCUT2D eigenvalue weighted by molar-refractivity contribution is 7.90. The second-order valence-corrected chi connectivity index (χ2v) is 8.29. The Hall–Kier alpha value is -2.12. The SMILES string of the molecule is CCOc1cccc(NC(=S)N[C@H](CC)c2ccc(S(C)(=O)=O)cc2)c1. The van der Waals surface area contributed by atoms with Gasteiger partial charge in [0.2, 0.25) is 0 Å². The normalized spacial score (nSPS) is 12.3. The lowest BCUT2D eigenvalue weighted by Crippen LogP contribution is -2.32. The van der Waals surface area contributed by atoms with Crippen LogP contribution in [0.4, 0.5) is 5.69 Å². The maximum absolute atomic E-state index is 11.6. The molecule has 2 rings (SSSR count). The van der Waals surface area contributed by atoms with E-state index in [-0.39, 0.29) is 6.04 Å². The Kier molecular flexibility index (Phi) is 6.99. The molecule has 26 heavy (non-hydrogen) atoms. The minimum absolute atomic E-state index is 0.0151. The zero-order valence-corrected chi connectivity index (χ0v) is 16.8. The molecule has 0 saturated carbocycles. The molecule has 0 fully saturated rings. The third kappa shape index (κ3) is 5.71. The molecule has 0 aliphatic carbocycles. The van der Waals surface area contributed by atoms with Gasteiger partial charge in [-0.05, 0) is 55.4 Å². The van der Waals surface area contributed by atoms with E-state index in [1.54, 1.807) is 12.1 Å². The van der Waals surface area contributed by atoms with Gasteiger partial charge in [0.1, 0.15) is 5.75 Å². The van der Waals surface area contributed by atoms with Crippen LogP contribution in [0.3, 0.4) is 0 Å². The van der Waals surface area contributed by atoms with Crippen LogP contribution in [0, 0.1) is 0 Å². The van der Waals surface area contributed by atoms with Crippen molar-refractivity contribution in [1.29, 1.82) is 0 Å². The number of ether oxygens (including phenoxy) is 1. The van der Waals surface area contributed by atoms with Gasteiger partial charge in [-0.1, -0.05) is 25.1 Å². The summed E-state index contributed by atoms with van der Waals surface area (Å²) in [6.07, 6.45) is 2.01. The molecule has 140 valence electrons. The fourth-order valence-electron chi connectivity index (χ4n) is 2.52. The zero-order valence-electron chi connectivity index (χ0n) is 15.2. The van der Waals surface area contributed by atoms with Gasteiger partial charge >= 0.3 is 0 Å². The number of sulfone groups is 1. The molecule has 0 unspecified atom stereocenters. The highest BCUT2D eigenvalue weighted by Gasteiger charge is 2.13. The van der Waals surface area contributed by atoms with E-state index >= 15 is 0 Å². The molecule has 5 nitrogen and oxygen atoms in total. The fraction of sp³-hybridized carbons (Fsp3) is 0.316. The fourth-order valence-corrected chi connectivity index (χ4v) is 3.41. The van der Waals surface area contributed by atoms with Crippen LogP contribution in [0.2, 0.25) is 0 Å². The average molecular weight is 393 g/mol. The smallest absolute Gasteiger partial charge is 0.175 e. The maximum atomic E-state index is 11.6. The van der Waals surface area contributed by atoms with E-state index in [9.17, 15) is 8.42 Å². The molecule has 0 amide bonds. The molecule has 0 aromatic heterocycles. The quantitative estimate of drug-likeness (QED) is 0.696. The molecule has 0 saturated heterocycles. The van der Waals surface area contributed by atoms with Crippen molar-refractivity contribution < 1.29 is 13.2 Å². The number of rotatable bonds is 7. The second kappa shape index (κ2) is 9.00. The molecular weight excluding hydrogens is 368 g/mol. The van der Waals surface area contributed by atoms with Crippen molar-refractivity contribution in [3.63, 3.8) is 0 Å². The molecule has 1 atom stereocenters. The van der Waals surface area contributed by atoms with Crippen LogP contribution in [0.15, 0.2) is 53.4 Å². The molecule has 2 aromatic carbocycles. The molecule has 0 heterocycles. The van der Waals surface area contributed by atoms with Crippen molar-refractivity contribution in [2.24, 2.45) is 0 Å². The van der Waals surface area contributed by atoms with E-state index in [1.807, 2.05) is 50.2 Å². The van der Waals surface area contributed by atoms with E-state index in [4.69, 9.17) is 17.0 Å². The first kappa shape index (κ1) is 20.2. The molecule has 2 N–H and O–H groups in total. The Morgan fingerprint density at radius 3 is 2.42 bits per heavy atom. The summed E-state index contributed by atoms with van der Waals surface area (Å²) >= 11 is 5.41. The third-order valence-corrected chi connectivity index (χ3v) is 5.18. The molecule has 0 aliphatic heterocycles. The maximum Gasteiger partial charge on any atom is 0.175 e. The first-order valence-corrected chi connectivity index (χ1v) is 10.7. The van der Waals surface area contributed by atoms with E-state index in [1.165, 1.54) is 6.26 Å². The van der Waals surface area contributed by atoms with Crippen LogP contribution < -0.4 is 15.4 Å². The number of thiocarbonyl (C=S) groups is 1. The van der Waals surface area contributed by atoms with Gasteiger partial charge in [0, 0.05) is 18.0 Å². The summed E-state index contributed by atoms with van der Waals surface area (Å²) in [6, 6.07) is 14.5. The van der Waals surface area contributed by atoms with Crippen molar-refractivity contribution in [3.05, 3.63) is 54.1 Å². The van der Waals surface area contributed by atoms with Gasteiger partial charge in [0.25, 0.3) is 0 Å². The van der Waals surface area contributed by atoms with Gasteiger partial charge in [-0.15, -0.1) is 0 Å². The topological polar surface area (TPSA) is 67.4 Å². The van der Waals surface area contributed by atoms with E-state index in [0.717, 1.165) is 23.4 Å². The summed E-state index contributed by atoms with van der Waals surface area (Å²) in [6.45, 7) is 4.58. The Morgan fingerprint density at radius 1 is 1.15 bits per heavy atom. The number of hydrogen-bond acceptors (Lipinski definition) is 4.